The lowest BCUT2D eigenvalue weighted by Crippen LogP contribution is -2.30. The van der Waals surface area contributed by atoms with Crippen molar-refractivity contribution in [1.82, 2.24) is 14.8 Å². The maximum absolute atomic E-state index is 12.3. The Balaban J connectivity index is 1.18. The number of rotatable bonds is 14. The van der Waals surface area contributed by atoms with Crippen molar-refractivity contribution in [3.05, 3.63) is 46.5 Å². The fourth-order valence-corrected chi connectivity index (χ4v) is 4.72. The van der Waals surface area contributed by atoms with Gasteiger partial charge in [-0.25, -0.2) is 4.98 Å². The molecule has 1 aliphatic heterocycles. The van der Waals surface area contributed by atoms with Crippen molar-refractivity contribution < 1.29 is 14.4 Å². The standard InChI is InChI=1S/C25H34N4O3S/c1-28(2)17-19-18-33-25(26-19)27-22(30)15-9-7-5-3-4-6-8-12-16-29-23(31)20-13-10-11-14-21(20)24(29)32/h10-11,13-14,18H,3-9,12,15-17H2,1-2H3,(H,26,27,30). The predicted octanol–water partition coefficient (Wildman–Crippen LogP) is 4.95. The highest BCUT2D eigenvalue weighted by molar-refractivity contribution is 7.13. The van der Waals surface area contributed by atoms with E-state index in [0.717, 1.165) is 63.6 Å². The predicted molar refractivity (Wildman–Crippen MR) is 131 cm³/mol. The van der Waals surface area contributed by atoms with E-state index >= 15 is 0 Å². The number of hydrogen-bond acceptors (Lipinski definition) is 6. The van der Waals surface area contributed by atoms with Gasteiger partial charge in [0.05, 0.1) is 16.8 Å². The van der Waals surface area contributed by atoms with Crippen LogP contribution in [-0.4, -0.2) is 53.1 Å². The molecular formula is C25H34N4O3S. The number of nitrogens with one attached hydrogen (secondary N) is 1. The van der Waals surface area contributed by atoms with Gasteiger partial charge in [0.1, 0.15) is 0 Å². The Morgan fingerprint density at radius 2 is 1.52 bits per heavy atom. The van der Waals surface area contributed by atoms with Crippen molar-refractivity contribution >= 4 is 34.2 Å². The lowest BCUT2D eigenvalue weighted by Gasteiger charge is -2.13. The van der Waals surface area contributed by atoms with E-state index in [1.54, 1.807) is 24.3 Å². The number of hydrogen-bond donors (Lipinski definition) is 1. The highest BCUT2D eigenvalue weighted by Gasteiger charge is 2.34. The van der Waals surface area contributed by atoms with E-state index in [4.69, 9.17) is 0 Å². The van der Waals surface area contributed by atoms with Crippen LogP contribution >= 0.6 is 11.3 Å². The van der Waals surface area contributed by atoms with Crippen molar-refractivity contribution in [2.75, 3.05) is 26.0 Å². The van der Waals surface area contributed by atoms with Crippen molar-refractivity contribution in [3.8, 4) is 0 Å². The first-order chi connectivity index (χ1) is 16.0. The van der Waals surface area contributed by atoms with Gasteiger partial charge >= 0.3 is 0 Å². The minimum absolute atomic E-state index is 0.0360. The number of amides is 3. The zero-order valence-electron chi connectivity index (χ0n) is 19.6. The van der Waals surface area contributed by atoms with Crippen LogP contribution in [0.4, 0.5) is 5.13 Å². The second-order valence-electron chi connectivity index (χ2n) is 8.82. The summed E-state index contributed by atoms with van der Waals surface area (Å²) in [6, 6.07) is 7.03. The molecule has 0 radical (unpaired) electrons. The number of nitrogens with zero attached hydrogens (tertiary/aromatic N) is 3. The maximum atomic E-state index is 12.3. The average Bonchev–Trinajstić information content (AvgIpc) is 3.31. The third kappa shape index (κ3) is 7.47. The number of benzene rings is 1. The topological polar surface area (TPSA) is 82.6 Å². The number of thiazole rings is 1. The molecule has 0 atom stereocenters. The van der Waals surface area contributed by atoms with Crippen LogP contribution in [0.5, 0.6) is 0 Å². The van der Waals surface area contributed by atoms with Gasteiger partial charge in [0.2, 0.25) is 5.91 Å². The molecule has 2 aromatic rings. The van der Waals surface area contributed by atoms with E-state index in [1.807, 2.05) is 19.5 Å². The zero-order valence-corrected chi connectivity index (χ0v) is 20.5. The Kier molecular flexibility index (Phi) is 9.57. The van der Waals surface area contributed by atoms with Crippen LogP contribution in [-0.2, 0) is 11.3 Å². The Bertz CT molecular complexity index is 922. The van der Waals surface area contributed by atoms with Crippen molar-refractivity contribution in [2.24, 2.45) is 0 Å². The summed E-state index contributed by atoms with van der Waals surface area (Å²) in [5, 5.41) is 5.55. The summed E-state index contributed by atoms with van der Waals surface area (Å²) in [5.74, 6) is -0.291. The van der Waals surface area contributed by atoms with Gasteiger partial charge in [-0.05, 0) is 39.1 Å². The highest BCUT2D eigenvalue weighted by Crippen LogP contribution is 2.23. The first-order valence-electron chi connectivity index (χ1n) is 11.8. The smallest absolute Gasteiger partial charge is 0.261 e. The molecule has 178 valence electrons. The molecule has 0 aliphatic carbocycles. The second kappa shape index (κ2) is 12.6. The van der Waals surface area contributed by atoms with Gasteiger partial charge in [-0.2, -0.15) is 0 Å². The Hall–Kier alpha value is -2.58. The fraction of sp³-hybridized carbons (Fsp3) is 0.520. The number of carbonyl (C=O) groups is 3. The summed E-state index contributed by atoms with van der Waals surface area (Å²) in [4.78, 5) is 44.6. The van der Waals surface area contributed by atoms with E-state index in [-0.39, 0.29) is 17.7 Å². The van der Waals surface area contributed by atoms with Crippen LogP contribution < -0.4 is 5.32 Å². The third-order valence-corrected chi connectivity index (χ3v) is 6.50. The van der Waals surface area contributed by atoms with Gasteiger partial charge in [-0.15, -0.1) is 11.3 Å². The molecule has 0 saturated carbocycles. The summed E-state index contributed by atoms with van der Waals surface area (Å²) < 4.78 is 0. The zero-order chi connectivity index (χ0) is 23.6. The van der Waals surface area contributed by atoms with Gasteiger partial charge in [-0.3, -0.25) is 19.3 Å². The van der Waals surface area contributed by atoms with Crippen molar-refractivity contribution in [1.29, 1.82) is 0 Å². The SMILES string of the molecule is CN(C)Cc1csc(NC(=O)CCCCCCCCCCN2C(=O)c3ccccc3C2=O)n1. The lowest BCUT2D eigenvalue weighted by atomic mass is 10.1. The lowest BCUT2D eigenvalue weighted by molar-refractivity contribution is -0.116. The molecule has 33 heavy (non-hydrogen) atoms. The Morgan fingerprint density at radius 1 is 0.939 bits per heavy atom. The fourth-order valence-electron chi connectivity index (χ4n) is 4.00. The number of carbonyl (C=O) groups excluding carboxylic acids is 3. The number of unbranched alkanes of at least 4 members (excludes halogenated alkanes) is 7. The average molecular weight is 471 g/mol. The van der Waals surface area contributed by atoms with Crippen molar-refractivity contribution in [2.45, 2.75) is 64.3 Å². The quantitative estimate of drug-likeness (QED) is 0.312. The molecule has 3 rings (SSSR count). The minimum atomic E-state index is -0.163. The van der Waals surface area contributed by atoms with E-state index in [1.165, 1.54) is 16.2 Å². The molecule has 0 fully saturated rings. The largest absolute Gasteiger partial charge is 0.304 e. The maximum Gasteiger partial charge on any atom is 0.261 e. The number of anilines is 1. The van der Waals surface area contributed by atoms with Crippen LogP contribution in [0.15, 0.2) is 29.6 Å². The summed E-state index contributed by atoms with van der Waals surface area (Å²) in [6.07, 6.45) is 8.84. The summed E-state index contributed by atoms with van der Waals surface area (Å²) in [6.45, 7) is 1.27. The van der Waals surface area contributed by atoms with Crippen LogP contribution in [0.3, 0.4) is 0 Å². The van der Waals surface area contributed by atoms with Gasteiger partial charge in [-0.1, -0.05) is 50.7 Å². The molecule has 1 N–H and O–H groups in total. The Morgan fingerprint density at radius 3 is 2.12 bits per heavy atom. The number of fused-ring (bicyclic) bond motifs is 1. The van der Waals surface area contributed by atoms with E-state index < -0.39 is 0 Å². The molecule has 0 spiro atoms. The van der Waals surface area contributed by atoms with E-state index in [2.05, 4.69) is 15.2 Å². The molecule has 8 heteroatoms. The molecule has 2 heterocycles. The van der Waals surface area contributed by atoms with Crippen LogP contribution in [0.2, 0.25) is 0 Å². The number of aromatic nitrogens is 1. The molecule has 3 amide bonds. The molecular weight excluding hydrogens is 436 g/mol. The molecule has 0 bridgehead atoms. The van der Waals surface area contributed by atoms with Gasteiger partial charge < -0.3 is 10.2 Å². The summed E-state index contributed by atoms with van der Waals surface area (Å²) in [5.41, 5.74) is 2.03. The van der Waals surface area contributed by atoms with Crippen LogP contribution in [0.1, 0.15) is 84.2 Å². The Labute approximate surface area is 200 Å². The van der Waals surface area contributed by atoms with Crippen LogP contribution in [0, 0.1) is 0 Å². The first-order valence-corrected chi connectivity index (χ1v) is 12.7. The highest BCUT2D eigenvalue weighted by atomic mass is 32.1. The molecule has 0 saturated heterocycles. The molecule has 0 unspecified atom stereocenters. The number of imide groups is 1. The minimum Gasteiger partial charge on any atom is -0.304 e. The van der Waals surface area contributed by atoms with Crippen molar-refractivity contribution in [3.63, 3.8) is 0 Å². The monoisotopic (exact) mass is 470 g/mol. The van der Waals surface area contributed by atoms with Gasteiger partial charge in [0, 0.05) is 24.9 Å². The molecule has 1 aliphatic rings. The van der Waals surface area contributed by atoms with Gasteiger partial charge in [0.15, 0.2) is 5.13 Å². The normalized spacial score (nSPS) is 13.1. The first kappa shape index (κ1) is 25.1. The van der Waals surface area contributed by atoms with E-state index in [0.29, 0.717) is 29.2 Å². The molecule has 1 aromatic carbocycles. The molecule has 7 nitrogen and oxygen atoms in total. The summed E-state index contributed by atoms with van der Waals surface area (Å²) >= 11 is 1.47. The second-order valence-corrected chi connectivity index (χ2v) is 9.67. The van der Waals surface area contributed by atoms with Crippen LogP contribution in [0.25, 0.3) is 0 Å². The molecule has 1 aromatic heterocycles. The summed E-state index contributed by atoms with van der Waals surface area (Å²) in [7, 11) is 3.99. The third-order valence-electron chi connectivity index (χ3n) is 5.69. The van der Waals surface area contributed by atoms with E-state index in [9.17, 15) is 14.4 Å². The van der Waals surface area contributed by atoms with Gasteiger partial charge in [0.25, 0.3) is 11.8 Å².